The van der Waals surface area contributed by atoms with Crippen LogP contribution in [0.1, 0.15) is 20.8 Å². The highest BCUT2D eigenvalue weighted by atomic mass is 28.4. The summed E-state index contributed by atoms with van der Waals surface area (Å²) in [5, 5.41) is 2.03. The van der Waals surface area contributed by atoms with E-state index in [2.05, 4.69) is 4.74 Å². The van der Waals surface area contributed by atoms with E-state index >= 15 is 0 Å². The Bertz CT molecular complexity index is 352. The lowest BCUT2D eigenvalue weighted by Crippen LogP contribution is -2.55. The lowest BCUT2D eigenvalue weighted by Gasteiger charge is -2.28. The summed E-state index contributed by atoms with van der Waals surface area (Å²) in [6, 6.07) is 0. The molecule has 1 amide bonds. The van der Waals surface area contributed by atoms with E-state index in [0.29, 0.717) is 0 Å². The summed E-state index contributed by atoms with van der Waals surface area (Å²) >= 11 is 0. The maximum absolute atomic E-state index is 12.6. The van der Waals surface area contributed by atoms with E-state index in [4.69, 9.17) is 13.3 Å². The van der Waals surface area contributed by atoms with Gasteiger partial charge in [0.25, 0.3) is 0 Å². The third kappa shape index (κ3) is 7.41. The third-order valence-electron chi connectivity index (χ3n) is 2.34. The monoisotopic (exact) mass is 369 g/mol. The van der Waals surface area contributed by atoms with Crippen molar-refractivity contribution < 1.29 is 44.8 Å². The van der Waals surface area contributed by atoms with Crippen LogP contribution >= 0.6 is 0 Å². The summed E-state index contributed by atoms with van der Waals surface area (Å²) in [6.45, 7) is 3.46. The van der Waals surface area contributed by atoms with Gasteiger partial charge >= 0.3 is 27.0 Å². The first kappa shape index (κ1) is 22.0. The molecule has 0 aliphatic carbocycles. The Kier molecular flexibility index (Phi) is 8.95. The number of ether oxygens (including phenoxy) is 1. The highest BCUT2D eigenvalue weighted by molar-refractivity contribution is 6.61. The maximum Gasteiger partial charge on any atom is 0.521 e. The number of halogens is 5. The van der Waals surface area contributed by atoms with Crippen LogP contribution < -0.4 is 5.32 Å². The van der Waals surface area contributed by atoms with Crippen molar-refractivity contribution in [3.05, 3.63) is 0 Å². The maximum atomic E-state index is 12.6. The summed E-state index contributed by atoms with van der Waals surface area (Å²) in [6.07, 6.45) is -7.57. The minimum absolute atomic E-state index is 0.203. The van der Waals surface area contributed by atoms with Gasteiger partial charge in [-0.3, -0.25) is 0 Å². The fourth-order valence-corrected chi connectivity index (χ4v) is 3.64. The van der Waals surface area contributed by atoms with Gasteiger partial charge in [0.2, 0.25) is 0 Å². The zero-order valence-corrected chi connectivity index (χ0v) is 14.0. The van der Waals surface area contributed by atoms with Gasteiger partial charge in [0.15, 0.2) is 6.61 Å². The zero-order valence-electron chi connectivity index (χ0n) is 13.0. The van der Waals surface area contributed by atoms with Gasteiger partial charge in [-0.25, -0.2) is 4.79 Å². The molecule has 0 spiro atoms. The number of carbonyl (C=O) groups excluding carboxylic acids is 1. The minimum Gasteiger partial charge on any atom is -0.443 e. The number of rotatable bonds is 10. The standard InChI is InChI=1S/C11H20F5NO5Si/c1-4-20-23(21-5-2,22-6-3)8-17-9(18)19-7-10(12,13)11(14,15)16/h4-8H2,1-3H3,(H,17,18). The average Bonchev–Trinajstić information content (AvgIpc) is 2.43. The van der Waals surface area contributed by atoms with Crippen molar-refractivity contribution in [2.24, 2.45) is 0 Å². The van der Waals surface area contributed by atoms with Crippen LogP contribution in [-0.4, -0.2) is 59.6 Å². The van der Waals surface area contributed by atoms with Gasteiger partial charge < -0.3 is 23.3 Å². The first-order chi connectivity index (χ1) is 10.5. The van der Waals surface area contributed by atoms with Crippen molar-refractivity contribution in [3.63, 3.8) is 0 Å². The molecule has 6 nitrogen and oxygen atoms in total. The second-order valence-corrected chi connectivity index (χ2v) is 6.70. The molecular weight excluding hydrogens is 349 g/mol. The largest absolute Gasteiger partial charge is 0.521 e. The summed E-state index contributed by atoms with van der Waals surface area (Å²) in [5.74, 6) is -5.13. The Hall–Kier alpha value is -0.983. The number of nitrogens with one attached hydrogen (secondary N) is 1. The molecule has 0 aromatic carbocycles. The van der Waals surface area contributed by atoms with Gasteiger partial charge in [0.05, 0.1) is 6.17 Å². The van der Waals surface area contributed by atoms with Crippen LogP contribution in [0, 0.1) is 0 Å². The molecule has 0 saturated carbocycles. The molecule has 1 N–H and O–H groups in total. The molecule has 0 fully saturated rings. The highest BCUT2D eigenvalue weighted by Crippen LogP contribution is 2.35. The molecule has 0 bridgehead atoms. The second kappa shape index (κ2) is 9.35. The van der Waals surface area contributed by atoms with Crippen LogP contribution in [0.25, 0.3) is 0 Å². The molecule has 0 aromatic heterocycles. The topological polar surface area (TPSA) is 66.0 Å². The van der Waals surface area contributed by atoms with E-state index in [-0.39, 0.29) is 26.0 Å². The predicted molar refractivity (Wildman–Crippen MR) is 71.0 cm³/mol. The number of hydrogen-bond donors (Lipinski definition) is 1. The van der Waals surface area contributed by atoms with Crippen LogP contribution in [0.3, 0.4) is 0 Å². The lowest BCUT2D eigenvalue weighted by molar-refractivity contribution is -0.292. The Labute approximate surface area is 131 Å². The lowest BCUT2D eigenvalue weighted by atomic mass is 10.3. The molecule has 12 heteroatoms. The molecule has 0 unspecified atom stereocenters. The summed E-state index contributed by atoms with van der Waals surface area (Å²) in [5.41, 5.74) is 0. The molecule has 0 rings (SSSR count). The van der Waals surface area contributed by atoms with E-state index in [1.165, 1.54) is 0 Å². The van der Waals surface area contributed by atoms with Crippen molar-refractivity contribution in [1.82, 2.24) is 5.32 Å². The quantitative estimate of drug-likeness (QED) is 0.473. The van der Waals surface area contributed by atoms with E-state index in [0.717, 1.165) is 0 Å². The number of carbonyl (C=O) groups is 1. The molecule has 138 valence electrons. The second-order valence-electron chi connectivity index (χ2n) is 4.11. The molecule has 23 heavy (non-hydrogen) atoms. The van der Waals surface area contributed by atoms with Gasteiger partial charge in [-0.05, 0) is 20.8 Å². The first-order valence-electron chi connectivity index (χ1n) is 6.80. The van der Waals surface area contributed by atoms with Crippen molar-refractivity contribution in [2.45, 2.75) is 32.9 Å². The Morgan fingerprint density at radius 1 is 0.957 bits per heavy atom. The van der Waals surface area contributed by atoms with E-state index in [1.807, 2.05) is 5.32 Å². The molecular formula is C11H20F5NO5Si. The van der Waals surface area contributed by atoms with Gasteiger partial charge in [0.1, 0.15) is 0 Å². The van der Waals surface area contributed by atoms with Crippen LogP contribution in [0.2, 0.25) is 0 Å². The molecule has 0 aromatic rings. The van der Waals surface area contributed by atoms with Crippen LogP contribution in [0.5, 0.6) is 0 Å². The Morgan fingerprint density at radius 2 is 1.39 bits per heavy atom. The number of hydrogen-bond acceptors (Lipinski definition) is 5. The van der Waals surface area contributed by atoms with Gasteiger partial charge in [-0.1, -0.05) is 0 Å². The Balaban J connectivity index is 4.58. The molecule has 0 saturated heterocycles. The van der Waals surface area contributed by atoms with Gasteiger partial charge in [-0.2, -0.15) is 22.0 Å². The number of amides is 1. The van der Waals surface area contributed by atoms with Crippen LogP contribution in [-0.2, 0) is 18.0 Å². The van der Waals surface area contributed by atoms with Gasteiger partial charge in [0, 0.05) is 19.8 Å². The van der Waals surface area contributed by atoms with Crippen molar-refractivity contribution in [1.29, 1.82) is 0 Å². The van der Waals surface area contributed by atoms with Crippen LogP contribution in [0.4, 0.5) is 26.7 Å². The smallest absolute Gasteiger partial charge is 0.443 e. The molecule has 0 aliphatic rings. The Morgan fingerprint density at radius 3 is 1.74 bits per heavy atom. The fourth-order valence-electron chi connectivity index (χ4n) is 1.41. The predicted octanol–water partition coefficient (Wildman–Crippen LogP) is 2.50. The summed E-state index contributed by atoms with van der Waals surface area (Å²) in [4.78, 5) is 11.3. The summed E-state index contributed by atoms with van der Waals surface area (Å²) < 4.78 is 81.1. The SMILES string of the molecule is CCO[Si](CNC(=O)OCC(F)(F)C(F)(F)F)(OCC)OCC. The minimum atomic E-state index is -5.80. The number of alkyl halides is 5. The average molecular weight is 369 g/mol. The normalized spacial score (nSPS) is 13.0. The third-order valence-corrected chi connectivity index (χ3v) is 5.14. The van der Waals surface area contributed by atoms with Crippen molar-refractivity contribution in [3.8, 4) is 0 Å². The fraction of sp³-hybridized carbons (Fsp3) is 0.909. The van der Waals surface area contributed by atoms with Crippen molar-refractivity contribution >= 4 is 14.9 Å². The van der Waals surface area contributed by atoms with E-state index in [9.17, 15) is 26.7 Å². The van der Waals surface area contributed by atoms with Crippen molar-refractivity contribution in [2.75, 3.05) is 32.6 Å². The zero-order chi connectivity index (χ0) is 18.1. The molecule has 0 radical (unpaired) electrons. The first-order valence-corrected chi connectivity index (χ1v) is 8.73. The summed E-state index contributed by atoms with van der Waals surface area (Å²) in [7, 11) is -3.29. The van der Waals surface area contributed by atoms with E-state index in [1.54, 1.807) is 20.8 Å². The highest BCUT2D eigenvalue weighted by Gasteiger charge is 2.58. The number of alkyl carbamates (subject to hydrolysis) is 1. The molecule has 0 aliphatic heterocycles. The van der Waals surface area contributed by atoms with E-state index < -0.39 is 33.6 Å². The van der Waals surface area contributed by atoms with Crippen LogP contribution in [0.15, 0.2) is 0 Å². The van der Waals surface area contributed by atoms with Gasteiger partial charge in [-0.15, -0.1) is 0 Å². The molecule has 0 atom stereocenters. The molecule has 0 heterocycles.